The maximum Gasteiger partial charge on any atom is 0.272 e. The highest BCUT2D eigenvalue weighted by Crippen LogP contribution is 2.20. The largest absolute Gasteiger partial charge is 0.496 e. The minimum atomic E-state index is -0.208. The van der Waals surface area contributed by atoms with Crippen molar-refractivity contribution < 1.29 is 9.53 Å². The van der Waals surface area contributed by atoms with Gasteiger partial charge in [0, 0.05) is 17.8 Å². The Bertz CT molecular complexity index is 885. The molecular formula is C20H21N3O2. The molecule has 0 radical (unpaired) electrons. The van der Waals surface area contributed by atoms with Gasteiger partial charge in [0.2, 0.25) is 0 Å². The molecule has 5 nitrogen and oxygen atoms in total. The lowest BCUT2D eigenvalue weighted by atomic mass is 10.1. The van der Waals surface area contributed by atoms with Gasteiger partial charge in [-0.3, -0.25) is 4.79 Å². The number of para-hydroxylation sites is 1. The maximum absolute atomic E-state index is 12.5. The Balaban J connectivity index is 1.74. The molecule has 1 heterocycles. The number of carbonyl (C=O) groups is 1. The zero-order valence-electron chi connectivity index (χ0n) is 14.6. The smallest absolute Gasteiger partial charge is 0.272 e. The van der Waals surface area contributed by atoms with Crippen molar-refractivity contribution in [3.8, 4) is 11.4 Å². The molecule has 3 rings (SSSR count). The number of hydrogen-bond acceptors (Lipinski definition) is 3. The molecule has 5 heteroatoms. The summed E-state index contributed by atoms with van der Waals surface area (Å²) in [6.07, 6.45) is 0. The van der Waals surface area contributed by atoms with E-state index in [9.17, 15) is 4.79 Å². The van der Waals surface area contributed by atoms with Crippen LogP contribution in [-0.4, -0.2) is 22.8 Å². The molecule has 0 aliphatic rings. The molecule has 0 saturated heterocycles. The van der Waals surface area contributed by atoms with E-state index in [0.29, 0.717) is 12.2 Å². The van der Waals surface area contributed by atoms with E-state index in [0.717, 1.165) is 28.3 Å². The topological polar surface area (TPSA) is 56.1 Å². The van der Waals surface area contributed by atoms with Crippen molar-refractivity contribution in [1.29, 1.82) is 0 Å². The van der Waals surface area contributed by atoms with Gasteiger partial charge in [-0.2, -0.15) is 5.10 Å². The van der Waals surface area contributed by atoms with Gasteiger partial charge in [0.05, 0.1) is 12.8 Å². The van der Waals surface area contributed by atoms with Gasteiger partial charge in [-0.1, -0.05) is 30.3 Å². The standard InChI is InChI=1S/C20H21N3O2/c1-14-9-10-16(19(11-14)25-3)13-21-20(24)18-12-15(2)23(22-18)17-7-5-4-6-8-17/h4-12H,13H2,1-3H3,(H,21,24). The molecule has 2 aromatic carbocycles. The first-order valence-corrected chi connectivity index (χ1v) is 8.12. The average Bonchev–Trinajstić information content (AvgIpc) is 3.03. The summed E-state index contributed by atoms with van der Waals surface area (Å²) in [6.45, 7) is 4.32. The SMILES string of the molecule is COc1cc(C)ccc1CNC(=O)c1cc(C)n(-c2ccccc2)n1. The summed E-state index contributed by atoms with van der Waals surface area (Å²) in [7, 11) is 1.63. The molecule has 1 aromatic heterocycles. The van der Waals surface area contributed by atoms with Crippen molar-refractivity contribution in [1.82, 2.24) is 15.1 Å². The van der Waals surface area contributed by atoms with Crippen LogP contribution in [-0.2, 0) is 6.54 Å². The number of amides is 1. The van der Waals surface area contributed by atoms with E-state index in [1.807, 2.05) is 62.4 Å². The Morgan fingerprint density at radius 1 is 1.12 bits per heavy atom. The second-order valence-corrected chi connectivity index (χ2v) is 5.92. The Kier molecular flexibility index (Phi) is 4.84. The second-order valence-electron chi connectivity index (χ2n) is 5.92. The third-order valence-electron chi connectivity index (χ3n) is 4.00. The summed E-state index contributed by atoms with van der Waals surface area (Å²) in [4.78, 5) is 12.5. The van der Waals surface area contributed by atoms with Crippen molar-refractivity contribution in [2.45, 2.75) is 20.4 Å². The van der Waals surface area contributed by atoms with Gasteiger partial charge in [0.25, 0.3) is 5.91 Å². The number of hydrogen-bond donors (Lipinski definition) is 1. The van der Waals surface area contributed by atoms with Crippen LogP contribution in [0.4, 0.5) is 0 Å². The van der Waals surface area contributed by atoms with Crippen LogP contribution in [0.3, 0.4) is 0 Å². The highest BCUT2D eigenvalue weighted by atomic mass is 16.5. The first kappa shape index (κ1) is 16.8. The molecule has 0 spiro atoms. The molecular weight excluding hydrogens is 314 g/mol. The van der Waals surface area contributed by atoms with E-state index in [1.54, 1.807) is 17.9 Å². The summed E-state index contributed by atoms with van der Waals surface area (Å²) in [6, 6.07) is 17.5. The number of methoxy groups -OCH3 is 1. The number of nitrogens with one attached hydrogen (secondary N) is 1. The number of benzene rings is 2. The monoisotopic (exact) mass is 335 g/mol. The molecule has 0 aliphatic carbocycles. The van der Waals surface area contributed by atoms with E-state index in [4.69, 9.17) is 4.74 Å². The van der Waals surface area contributed by atoms with Crippen LogP contribution in [0.25, 0.3) is 5.69 Å². The second kappa shape index (κ2) is 7.21. The number of rotatable bonds is 5. The average molecular weight is 335 g/mol. The summed E-state index contributed by atoms with van der Waals surface area (Å²) >= 11 is 0. The molecule has 1 amide bonds. The van der Waals surface area contributed by atoms with E-state index < -0.39 is 0 Å². The summed E-state index contributed by atoms with van der Waals surface area (Å²) in [5, 5.41) is 7.33. The number of nitrogens with zero attached hydrogens (tertiary/aromatic N) is 2. The van der Waals surface area contributed by atoms with E-state index in [1.165, 1.54) is 0 Å². The fraction of sp³-hybridized carbons (Fsp3) is 0.200. The molecule has 25 heavy (non-hydrogen) atoms. The molecule has 0 saturated carbocycles. The van der Waals surface area contributed by atoms with Gasteiger partial charge < -0.3 is 10.1 Å². The van der Waals surface area contributed by atoms with E-state index in [2.05, 4.69) is 10.4 Å². The normalized spacial score (nSPS) is 10.5. The van der Waals surface area contributed by atoms with Crippen LogP contribution in [0.2, 0.25) is 0 Å². The highest BCUT2D eigenvalue weighted by Gasteiger charge is 2.14. The minimum Gasteiger partial charge on any atom is -0.496 e. The van der Waals surface area contributed by atoms with Gasteiger partial charge in [0.15, 0.2) is 5.69 Å². The lowest BCUT2D eigenvalue weighted by molar-refractivity contribution is 0.0945. The molecule has 128 valence electrons. The van der Waals surface area contributed by atoms with Crippen LogP contribution in [0, 0.1) is 13.8 Å². The fourth-order valence-electron chi connectivity index (χ4n) is 2.68. The predicted molar refractivity (Wildman–Crippen MR) is 97.2 cm³/mol. The van der Waals surface area contributed by atoms with Crippen LogP contribution in [0.5, 0.6) is 5.75 Å². The zero-order valence-corrected chi connectivity index (χ0v) is 14.6. The van der Waals surface area contributed by atoms with Gasteiger partial charge in [-0.15, -0.1) is 0 Å². The lowest BCUT2D eigenvalue weighted by Crippen LogP contribution is -2.23. The van der Waals surface area contributed by atoms with Crippen molar-refractivity contribution in [3.63, 3.8) is 0 Å². The summed E-state index contributed by atoms with van der Waals surface area (Å²) in [5.74, 6) is 0.562. The van der Waals surface area contributed by atoms with Crippen LogP contribution in [0.15, 0.2) is 54.6 Å². The number of carbonyl (C=O) groups excluding carboxylic acids is 1. The highest BCUT2D eigenvalue weighted by molar-refractivity contribution is 5.92. The van der Waals surface area contributed by atoms with Gasteiger partial charge >= 0.3 is 0 Å². The molecule has 0 bridgehead atoms. The van der Waals surface area contributed by atoms with Crippen molar-refractivity contribution in [2.24, 2.45) is 0 Å². The molecule has 0 unspecified atom stereocenters. The lowest BCUT2D eigenvalue weighted by Gasteiger charge is -2.10. The molecule has 3 aromatic rings. The Hall–Kier alpha value is -3.08. The summed E-state index contributed by atoms with van der Waals surface area (Å²) < 4.78 is 7.14. The molecule has 0 aliphatic heterocycles. The van der Waals surface area contributed by atoms with Gasteiger partial charge in [0.1, 0.15) is 5.75 Å². The van der Waals surface area contributed by atoms with E-state index >= 15 is 0 Å². The van der Waals surface area contributed by atoms with Crippen LogP contribution >= 0.6 is 0 Å². The van der Waals surface area contributed by atoms with Gasteiger partial charge in [-0.05, 0) is 43.7 Å². The first-order valence-electron chi connectivity index (χ1n) is 8.12. The third-order valence-corrected chi connectivity index (χ3v) is 4.00. The molecule has 0 atom stereocenters. The van der Waals surface area contributed by atoms with Gasteiger partial charge in [-0.25, -0.2) is 4.68 Å². The first-order chi connectivity index (χ1) is 12.1. The zero-order chi connectivity index (χ0) is 17.8. The Morgan fingerprint density at radius 2 is 1.88 bits per heavy atom. The number of ether oxygens (including phenoxy) is 1. The van der Waals surface area contributed by atoms with Crippen molar-refractivity contribution in [2.75, 3.05) is 7.11 Å². The minimum absolute atomic E-state index is 0.208. The third kappa shape index (κ3) is 3.71. The predicted octanol–water partition coefficient (Wildman–Crippen LogP) is 3.43. The summed E-state index contributed by atoms with van der Waals surface area (Å²) in [5.41, 5.74) is 4.28. The number of aromatic nitrogens is 2. The Morgan fingerprint density at radius 3 is 2.60 bits per heavy atom. The maximum atomic E-state index is 12.5. The van der Waals surface area contributed by atoms with Crippen LogP contribution < -0.4 is 10.1 Å². The molecule has 0 fully saturated rings. The quantitative estimate of drug-likeness (QED) is 0.777. The fourth-order valence-corrected chi connectivity index (χ4v) is 2.68. The Labute approximate surface area is 147 Å². The number of aryl methyl sites for hydroxylation is 2. The van der Waals surface area contributed by atoms with E-state index in [-0.39, 0.29) is 5.91 Å². The van der Waals surface area contributed by atoms with Crippen LogP contribution in [0.1, 0.15) is 27.3 Å². The van der Waals surface area contributed by atoms with Crippen molar-refractivity contribution in [3.05, 3.63) is 77.1 Å². The molecule has 1 N–H and O–H groups in total. The van der Waals surface area contributed by atoms with Crippen molar-refractivity contribution >= 4 is 5.91 Å².